The number of carboxylic acids is 1. The predicted molar refractivity (Wildman–Crippen MR) is 246 cm³/mol. The first-order valence-corrected chi connectivity index (χ1v) is 23.5. The highest BCUT2D eigenvalue weighted by Gasteiger charge is 2.59. The average molecular weight is 990 g/mol. The number of benzene rings is 2. The zero-order valence-electron chi connectivity index (χ0n) is 39.5. The van der Waals surface area contributed by atoms with Crippen LogP contribution in [0.15, 0.2) is 30.3 Å². The van der Waals surface area contributed by atoms with E-state index in [1.54, 1.807) is 45.0 Å². The molecule has 0 radical (unpaired) electrons. The van der Waals surface area contributed by atoms with Gasteiger partial charge in [0.15, 0.2) is 12.3 Å². The first-order chi connectivity index (χ1) is 33.7. The van der Waals surface area contributed by atoms with Gasteiger partial charge < -0.3 is 77.4 Å². The van der Waals surface area contributed by atoms with E-state index in [9.17, 15) is 63.3 Å². The number of aldehydes is 1. The second-order valence-corrected chi connectivity index (χ2v) is 18.8. The number of rotatable bonds is 10. The minimum Gasteiger partial charge on any atom is -0.483 e. The molecule has 0 saturated carbocycles. The number of hydrogen-bond donors (Lipinski definition) is 12. The molecule has 1 fully saturated rings. The number of aliphatic hydroxyl groups is 2. The molecule has 0 aliphatic carbocycles. The summed E-state index contributed by atoms with van der Waals surface area (Å²) < 4.78 is 13.5. The van der Waals surface area contributed by atoms with Crippen LogP contribution >= 0.6 is 0 Å². The van der Waals surface area contributed by atoms with Gasteiger partial charge in [0.25, 0.3) is 0 Å². The minimum absolute atomic E-state index is 0.0333. The molecule has 24 nitrogen and oxygen atoms in total. The number of nitrogens with one attached hydrogen (secondary N) is 9. The summed E-state index contributed by atoms with van der Waals surface area (Å²) >= 11 is 0. The van der Waals surface area contributed by atoms with Crippen molar-refractivity contribution < 1.29 is 72.7 Å². The molecule has 12 N–H and O–H groups in total. The van der Waals surface area contributed by atoms with E-state index >= 15 is 0 Å². The Morgan fingerprint density at radius 2 is 1.65 bits per heavy atom. The monoisotopic (exact) mass is 989 g/mol. The van der Waals surface area contributed by atoms with E-state index in [0.717, 1.165) is 0 Å². The van der Waals surface area contributed by atoms with Gasteiger partial charge >= 0.3 is 5.97 Å². The molecule has 24 heteroatoms. The number of carbonyl (C=O) groups excluding carboxylic acids is 9. The smallest absolute Gasteiger partial charge is 0.330 e. The van der Waals surface area contributed by atoms with E-state index in [1.807, 2.05) is 0 Å². The molecular formula is C47H59N9O15. The van der Waals surface area contributed by atoms with Crippen molar-refractivity contribution in [2.45, 2.75) is 132 Å². The molecule has 1 spiro atoms. The van der Waals surface area contributed by atoms with Crippen molar-refractivity contribution in [1.82, 2.24) is 42.5 Å². The highest BCUT2D eigenvalue weighted by Crippen LogP contribution is 2.60. The molecule has 10 unspecified atom stereocenters. The Hall–Kier alpha value is -7.34. The second kappa shape index (κ2) is 20.9. The Balaban J connectivity index is 1.42. The Morgan fingerprint density at radius 3 is 2.31 bits per heavy atom. The number of hydrogen-bond acceptors (Lipinski definition) is 15. The van der Waals surface area contributed by atoms with Crippen LogP contribution in [0.3, 0.4) is 0 Å². The first-order valence-electron chi connectivity index (χ1n) is 23.5. The van der Waals surface area contributed by atoms with Crippen LogP contribution in [0.1, 0.15) is 94.6 Å². The number of anilines is 1. The largest absolute Gasteiger partial charge is 0.483 e. The quantitative estimate of drug-likeness (QED) is 0.108. The molecule has 5 heterocycles. The van der Waals surface area contributed by atoms with Gasteiger partial charge in [-0.1, -0.05) is 32.9 Å². The maximum atomic E-state index is 14.3. The number of ether oxygens (including phenoxy) is 2. The molecule has 5 aliphatic heterocycles. The number of para-hydroxylation sites is 1. The predicted octanol–water partition coefficient (Wildman–Crippen LogP) is -2.70. The maximum absolute atomic E-state index is 14.3. The van der Waals surface area contributed by atoms with Crippen molar-refractivity contribution in [2.24, 2.45) is 5.92 Å². The van der Waals surface area contributed by atoms with Gasteiger partial charge in [0.1, 0.15) is 59.7 Å². The zero-order valence-corrected chi connectivity index (χ0v) is 39.5. The van der Waals surface area contributed by atoms with Gasteiger partial charge in [0.05, 0.1) is 30.8 Å². The normalized spacial score (nSPS) is 29.9. The van der Waals surface area contributed by atoms with Crippen LogP contribution in [0.25, 0.3) is 0 Å². The molecule has 8 amide bonds. The number of amides is 8. The van der Waals surface area contributed by atoms with Crippen molar-refractivity contribution in [1.29, 1.82) is 0 Å². The molecule has 382 valence electrons. The molecule has 11 atom stereocenters. The fraction of sp³-hybridized carbons (Fsp3) is 0.532. The summed E-state index contributed by atoms with van der Waals surface area (Å²) in [5.41, 5.74) is -1.67. The molecule has 7 rings (SSSR count). The fourth-order valence-corrected chi connectivity index (χ4v) is 9.84. The Bertz CT molecular complexity index is 2520. The number of aliphatic hydroxyl groups excluding tert-OH is 2. The lowest BCUT2D eigenvalue weighted by Gasteiger charge is -2.36. The number of carbonyl (C=O) groups is 10. The lowest BCUT2D eigenvalue weighted by atomic mass is 9.70. The minimum atomic E-state index is -1.92. The summed E-state index contributed by atoms with van der Waals surface area (Å²) in [7, 11) is 0. The lowest BCUT2D eigenvalue weighted by molar-refractivity contribution is -0.148. The summed E-state index contributed by atoms with van der Waals surface area (Å²) in [4.78, 5) is 132. The van der Waals surface area contributed by atoms with Crippen molar-refractivity contribution in [3.05, 3.63) is 52.6 Å². The third-order valence-electron chi connectivity index (χ3n) is 13.8. The van der Waals surface area contributed by atoms with E-state index in [1.165, 1.54) is 13.0 Å². The summed E-state index contributed by atoms with van der Waals surface area (Å²) in [6.45, 7) is 4.40. The van der Waals surface area contributed by atoms with E-state index in [0.29, 0.717) is 16.7 Å². The number of carboxylic acid groups (broad SMARTS) is 1. The van der Waals surface area contributed by atoms with Crippen molar-refractivity contribution in [2.75, 3.05) is 25.0 Å². The molecule has 71 heavy (non-hydrogen) atoms. The fourth-order valence-electron chi connectivity index (χ4n) is 9.84. The molecule has 6 bridgehead atoms. The maximum Gasteiger partial charge on any atom is 0.330 e. The molecular weight excluding hydrogens is 931 g/mol. The summed E-state index contributed by atoms with van der Waals surface area (Å²) in [5, 5.41) is 56.3. The first kappa shape index (κ1) is 51.5. The van der Waals surface area contributed by atoms with Crippen LogP contribution in [0.4, 0.5) is 5.69 Å². The van der Waals surface area contributed by atoms with Gasteiger partial charge in [-0.05, 0) is 79.8 Å². The zero-order chi connectivity index (χ0) is 51.5. The van der Waals surface area contributed by atoms with Gasteiger partial charge in [-0.15, -0.1) is 0 Å². The standard InChI is InChI=1S/C47H59N9O15/c1-5-31(59)52-29-16-47-25-8-7-9-30(71-46(4,6-2)39(44(68)69)54-34(62)18-48-33(61)17-49-40(29)64)35(25)56-45(47)70-38-23-12-21(3)13-28(53-41(65)27-10-11-32(60)51-27)42(66)55-36(43(67)50-24(19-57)20-58)37(63)22(14-23)15-26(38)47/h7-9,14-15,19,21,24,27-29,36-37,39,45,56,58,63H,5-6,10-13,16-18,20H2,1-4H3,(H,48,61)(H,49,64)(H,50,67)(H,51,60)(H,52,59)(H,53,65)(H,54,62)(H,55,66)(H,68,69)/t21?,24?,27?,28?,29?,36?,37?,39?,45?,46?,47-/m0/s1. The van der Waals surface area contributed by atoms with Crippen LogP contribution in [0.5, 0.6) is 11.5 Å². The van der Waals surface area contributed by atoms with Gasteiger partial charge in [0, 0.05) is 18.4 Å². The average Bonchev–Trinajstić information content (AvgIpc) is 4.01. The van der Waals surface area contributed by atoms with Crippen LogP contribution < -0.4 is 57.3 Å². The third-order valence-corrected chi connectivity index (χ3v) is 13.8. The van der Waals surface area contributed by atoms with Crippen LogP contribution in [0, 0.1) is 5.92 Å². The molecule has 5 aliphatic rings. The second-order valence-electron chi connectivity index (χ2n) is 18.8. The van der Waals surface area contributed by atoms with Crippen LogP contribution in [-0.2, 0) is 59.8 Å². The van der Waals surface area contributed by atoms with Gasteiger partial charge in [0.2, 0.25) is 47.3 Å². The summed E-state index contributed by atoms with van der Waals surface area (Å²) in [6, 6.07) is -0.656. The molecule has 2 aromatic rings. The van der Waals surface area contributed by atoms with Crippen molar-refractivity contribution in [3.8, 4) is 11.5 Å². The third kappa shape index (κ3) is 10.4. The van der Waals surface area contributed by atoms with Crippen LogP contribution in [-0.4, -0.2) is 143 Å². The molecule has 2 aromatic carbocycles. The highest BCUT2D eigenvalue weighted by atomic mass is 16.5. The van der Waals surface area contributed by atoms with Gasteiger partial charge in [-0.3, -0.25) is 38.4 Å². The van der Waals surface area contributed by atoms with E-state index in [4.69, 9.17) is 9.47 Å². The highest BCUT2D eigenvalue weighted by molar-refractivity contribution is 5.97. The van der Waals surface area contributed by atoms with E-state index < -0.39 is 133 Å². The molecule has 0 aromatic heterocycles. The van der Waals surface area contributed by atoms with Crippen molar-refractivity contribution in [3.63, 3.8) is 0 Å². The number of fused-ring (bicyclic) bond motifs is 4. The summed E-state index contributed by atoms with van der Waals surface area (Å²) in [6.07, 6.45) is -2.76. The van der Waals surface area contributed by atoms with Gasteiger partial charge in [-0.2, -0.15) is 0 Å². The van der Waals surface area contributed by atoms with Gasteiger partial charge in [-0.25, -0.2) is 4.79 Å². The van der Waals surface area contributed by atoms with Crippen molar-refractivity contribution >= 4 is 65.2 Å². The lowest BCUT2D eigenvalue weighted by Crippen LogP contribution is -2.59. The number of aliphatic carboxylic acids is 1. The van der Waals surface area contributed by atoms with Crippen LogP contribution in [0.2, 0.25) is 0 Å². The molecule has 1 saturated heterocycles. The summed E-state index contributed by atoms with van der Waals surface area (Å²) in [5.74, 6) is -7.53. The Kier molecular flexibility index (Phi) is 15.2. The van der Waals surface area contributed by atoms with E-state index in [2.05, 4.69) is 47.9 Å². The Labute approximate surface area is 406 Å². The topological polar surface area (TPSA) is 358 Å². The SMILES string of the molecule is CCC(=O)NC1C[C@@]23c4cccc(c4NC2Oc2c4cc(cc23)C(O)C(C(=O)NC(C=O)CO)NC(=O)C(NC(=O)C2CCC(=O)N2)CC(C)C4)OC(C)(CC)C(C(=O)O)NC(=O)CNC(=O)CNC1=O. The van der Waals surface area contributed by atoms with E-state index in [-0.39, 0.29) is 79.9 Å². The Morgan fingerprint density at radius 1 is 0.901 bits per heavy atom.